The van der Waals surface area contributed by atoms with E-state index in [-0.39, 0.29) is 18.0 Å². The van der Waals surface area contributed by atoms with E-state index in [9.17, 15) is 14.4 Å². The Morgan fingerprint density at radius 1 is 1.13 bits per heavy atom. The predicted octanol–water partition coefficient (Wildman–Crippen LogP) is 5.61. The number of nitriles is 1. The molecule has 0 heterocycles. The molecule has 1 amide bonds. The molecule has 0 aliphatic carbocycles. The molecule has 0 aliphatic heterocycles. The number of anilines is 1. The number of halogens is 2. The van der Waals surface area contributed by atoms with Gasteiger partial charge < -0.3 is 14.8 Å². The van der Waals surface area contributed by atoms with Gasteiger partial charge >= 0.3 is 0 Å². The Bertz CT molecular complexity index is 1140. The first kappa shape index (κ1) is 21.9. The van der Waals surface area contributed by atoms with Crippen LogP contribution in [0.3, 0.4) is 0 Å². The van der Waals surface area contributed by atoms with Crippen LogP contribution in [0.25, 0.3) is 6.08 Å². The molecule has 3 aromatic carbocycles. The van der Waals surface area contributed by atoms with E-state index in [2.05, 4.69) is 5.32 Å². The molecule has 0 atom stereocenters. The number of rotatable bonds is 7. The molecule has 0 radical (unpaired) electrons. The number of hydrogen-bond acceptors (Lipinski definition) is 4. The monoisotopic (exact) mass is 436 g/mol. The molecule has 0 unspecified atom stereocenters. The van der Waals surface area contributed by atoms with Crippen molar-refractivity contribution in [2.45, 2.75) is 6.61 Å². The van der Waals surface area contributed by atoms with Gasteiger partial charge in [0.2, 0.25) is 0 Å². The van der Waals surface area contributed by atoms with Crippen molar-refractivity contribution in [1.82, 2.24) is 0 Å². The molecule has 31 heavy (non-hydrogen) atoms. The molecule has 3 aromatic rings. The number of nitrogens with zero attached hydrogens (tertiary/aromatic N) is 1. The van der Waals surface area contributed by atoms with E-state index >= 15 is 0 Å². The van der Waals surface area contributed by atoms with Gasteiger partial charge in [0, 0.05) is 16.3 Å². The molecule has 5 nitrogen and oxygen atoms in total. The third kappa shape index (κ3) is 6.08. The number of hydrogen-bond donors (Lipinski definition) is 1. The first-order chi connectivity index (χ1) is 15.0. The summed E-state index contributed by atoms with van der Waals surface area (Å²) in [5.41, 5.74) is 1.63. The topological polar surface area (TPSA) is 71.3 Å². The number of carbonyl (C=O) groups excluding carboxylic acids is 1. The third-order valence-electron chi connectivity index (χ3n) is 4.29. The van der Waals surface area contributed by atoms with Crippen LogP contribution in [0.5, 0.6) is 11.5 Å². The highest BCUT2D eigenvalue weighted by atomic mass is 35.5. The number of ether oxygens (including phenoxy) is 2. The average molecular weight is 437 g/mol. The molecule has 0 fully saturated rings. The van der Waals surface area contributed by atoms with Gasteiger partial charge in [-0.2, -0.15) is 5.26 Å². The van der Waals surface area contributed by atoms with E-state index in [0.717, 1.165) is 5.56 Å². The Hall–Kier alpha value is -3.82. The molecular weight excluding hydrogens is 419 g/mol. The summed E-state index contributed by atoms with van der Waals surface area (Å²) in [5, 5.41) is 12.6. The minimum Gasteiger partial charge on any atom is -0.497 e. The SMILES string of the molecule is COc1ccc(NC(=O)/C(C#N)=C/c2cc(Cl)ccc2OCc2ccc(F)cc2)cc1. The molecule has 156 valence electrons. The van der Waals surface area contributed by atoms with Crippen molar-refractivity contribution >= 4 is 29.3 Å². The molecule has 0 saturated carbocycles. The van der Waals surface area contributed by atoms with E-state index < -0.39 is 5.91 Å². The lowest BCUT2D eigenvalue weighted by molar-refractivity contribution is -0.112. The fourth-order valence-corrected chi connectivity index (χ4v) is 2.86. The summed E-state index contributed by atoms with van der Waals surface area (Å²) in [7, 11) is 1.55. The first-order valence-electron chi connectivity index (χ1n) is 9.22. The number of benzene rings is 3. The van der Waals surface area contributed by atoms with Crippen LogP contribution in [0.1, 0.15) is 11.1 Å². The van der Waals surface area contributed by atoms with Crippen molar-refractivity contribution < 1.29 is 18.7 Å². The van der Waals surface area contributed by atoms with Crippen LogP contribution >= 0.6 is 11.6 Å². The molecular formula is C24H18ClFN2O3. The maximum Gasteiger partial charge on any atom is 0.266 e. The lowest BCUT2D eigenvalue weighted by Crippen LogP contribution is -2.13. The van der Waals surface area contributed by atoms with Crippen LogP contribution in [0.15, 0.2) is 72.3 Å². The Morgan fingerprint density at radius 3 is 2.48 bits per heavy atom. The van der Waals surface area contributed by atoms with Crippen molar-refractivity contribution in [3.8, 4) is 17.6 Å². The Balaban J connectivity index is 1.80. The highest BCUT2D eigenvalue weighted by Gasteiger charge is 2.12. The fraction of sp³-hybridized carbons (Fsp3) is 0.0833. The lowest BCUT2D eigenvalue weighted by atomic mass is 10.1. The van der Waals surface area contributed by atoms with Gasteiger partial charge in [-0.25, -0.2) is 4.39 Å². The van der Waals surface area contributed by atoms with E-state index in [4.69, 9.17) is 21.1 Å². The number of methoxy groups -OCH3 is 1. The normalized spacial score (nSPS) is 10.8. The van der Waals surface area contributed by atoms with Gasteiger partial charge in [0.25, 0.3) is 5.91 Å². The van der Waals surface area contributed by atoms with Crippen LogP contribution in [0.4, 0.5) is 10.1 Å². The summed E-state index contributed by atoms with van der Waals surface area (Å²) >= 11 is 6.09. The Kier molecular flexibility index (Phi) is 7.26. The van der Waals surface area contributed by atoms with Gasteiger partial charge in [0.15, 0.2) is 0 Å². The molecule has 0 saturated heterocycles. The standard InChI is InChI=1S/C24H18ClFN2O3/c1-30-22-9-7-21(8-10-22)28-24(29)18(14-27)12-17-13-19(25)4-11-23(17)31-15-16-2-5-20(26)6-3-16/h2-13H,15H2,1H3,(H,28,29)/b18-12+. The van der Waals surface area contributed by atoms with E-state index in [1.807, 2.05) is 6.07 Å². The lowest BCUT2D eigenvalue weighted by Gasteiger charge is -2.11. The summed E-state index contributed by atoms with van der Waals surface area (Å²) in [6.45, 7) is 0.183. The van der Waals surface area contributed by atoms with Crippen molar-refractivity contribution in [2.24, 2.45) is 0 Å². The zero-order chi connectivity index (χ0) is 22.2. The van der Waals surface area contributed by atoms with Gasteiger partial charge in [-0.15, -0.1) is 0 Å². The summed E-state index contributed by atoms with van der Waals surface area (Å²) < 4.78 is 24.0. The molecule has 1 N–H and O–H groups in total. The van der Waals surface area contributed by atoms with E-state index in [1.54, 1.807) is 61.7 Å². The highest BCUT2D eigenvalue weighted by molar-refractivity contribution is 6.30. The number of nitrogens with one attached hydrogen (secondary N) is 1. The maximum atomic E-state index is 13.1. The van der Waals surface area contributed by atoms with Gasteiger partial charge in [-0.05, 0) is 66.2 Å². The zero-order valence-corrected chi connectivity index (χ0v) is 17.3. The maximum absolute atomic E-state index is 13.1. The zero-order valence-electron chi connectivity index (χ0n) is 16.6. The molecule has 0 aliphatic rings. The van der Waals surface area contributed by atoms with Crippen LogP contribution in [-0.2, 0) is 11.4 Å². The second-order valence-corrected chi connectivity index (χ2v) is 6.89. The van der Waals surface area contributed by atoms with Gasteiger partial charge in [0.05, 0.1) is 7.11 Å². The summed E-state index contributed by atoms with van der Waals surface area (Å²) in [6, 6.07) is 19.4. The largest absolute Gasteiger partial charge is 0.497 e. The van der Waals surface area contributed by atoms with Gasteiger partial charge in [-0.1, -0.05) is 23.7 Å². The van der Waals surface area contributed by atoms with Crippen molar-refractivity contribution in [1.29, 1.82) is 5.26 Å². The quantitative estimate of drug-likeness (QED) is 0.386. The molecule has 3 rings (SSSR count). The molecule has 0 spiro atoms. The van der Waals surface area contributed by atoms with Crippen LogP contribution in [0, 0.1) is 17.1 Å². The smallest absolute Gasteiger partial charge is 0.266 e. The van der Waals surface area contributed by atoms with Crippen LogP contribution < -0.4 is 14.8 Å². The minimum atomic E-state index is -0.572. The van der Waals surface area contributed by atoms with Crippen LogP contribution in [-0.4, -0.2) is 13.0 Å². The predicted molar refractivity (Wildman–Crippen MR) is 117 cm³/mol. The Labute approximate surface area is 184 Å². The third-order valence-corrected chi connectivity index (χ3v) is 4.53. The average Bonchev–Trinajstić information content (AvgIpc) is 2.78. The second kappa shape index (κ2) is 10.3. The number of carbonyl (C=O) groups is 1. The fourth-order valence-electron chi connectivity index (χ4n) is 2.68. The Morgan fingerprint density at radius 2 is 1.84 bits per heavy atom. The molecule has 7 heteroatoms. The summed E-state index contributed by atoms with van der Waals surface area (Å²) in [6.07, 6.45) is 1.41. The van der Waals surface area contributed by atoms with E-state index in [0.29, 0.717) is 27.8 Å². The van der Waals surface area contributed by atoms with E-state index in [1.165, 1.54) is 18.2 Å². The van der Waals surface area contributed by atoms with Crippen molar-refractivity contribution in [3.05, 3.63) is 94.3 Å². The molecule has 0 bridgehead atoms. The summed E-state index contributed by atoms with van der Waals surface area (Å²) in [5.74, 6) is 0.173. The summed E-state index contributed by atoms with van der Waals surface area (Å²) in [4.78, 5) is 12.6. The van der Waals surface area contributed by atoms with Gasteiger partial charge in [-0.3, -0.25) is 4.79 Å². The second-order valence-electron chi connectivity index (χ2n) is 6.45. The molecule has 0 aromatic heterocycles. The first-order valence-corrected chi connectivity index (χ1v) is 9.60. The van der Waals surface area contributed by atoms with Crippen molar-refractivity contribution in [3.63, 3.8) is 0 Å². The van der Waals surface area contributed by atoms with Crippen molar-refractivity contribution in [2.75, 3.05) is 12.4 Å². The van der Waals surface area contributed by atoms with Gasteiger partial charge in [0.1, 0.15) is 35.6 Å². The minimum absolute atomic E-state index is 0.121. The highest BCUT2D eigenvalue weighted by Crippen LogP contribution is 2.27. The van der Waals surface area contributed by atoms with Crippen LogP contribution in [0.2, 0.25) is 5.02 Å². The number of amides is 1.